The zero-order chi connectivity index (χ0) is 24.9. The highest BCUT2D eigenvalue weighted by atomic mass is 16.5. The van der Waals surface area contributed by atoms with Crippen molar-refractivity contribution in [1.82, 2.24) is 5.32 Å². The predicted octanol–water partition coefficient (Wildman–Crippen LogP) is 5.52. The number of ether oxygens (including phenoxy) is 1. The first-order valence-corrected chi connectivity index (χ1v) is 11.5. The van der Waals surface area contributed by atoms with Crippen LogP contribution in [-0.4, -0.2) is 18.9 Å². The van der Waals surface area contributed by atoms with Crippen LogP contribution in [0.4, 0.5) is 11.4 Å². The molecule has 0 saturated carbocycles. The lowest BCUT2D eigenvalue weighted by atomic mass is 9.79. The van der Waals surface area contributed by atoms with Crippen molar-refractivity contribution >= 4 is 23.2 Å². The molecule has 0 saturated heterocycles. The predicted molar refractivity (Wildman–Crippen MR) is 139 cm³/mol. The van der Waals surface area contributed by atoms with Gasteiger partial charge in [0.15, 0.2) is 0 Å². The Labute approximate surface area is 205 Å². The standard InChI is InChI=1S/C29H29N3O3/c1-18-12-8-9-15-22(18)31-28(33)25-19(2)30-20(3)26(27(25)21-13-6-5-7-14-21)29(34)32-23-16-10-11-17-24(23)35-4/h5-17,27,30H,1-4H3,(H,31,33)(H,32,34)/t27-/m1/s1. The van der Waals surface area contributed by atoms with Crippen molar-refractivity contribution in [3.63, 3.8) is 0 Å². The number of rotatable bonds is 6. The maximum absolute atomic E-state index is 13.7. The molecule has 4 rings (SSSR count). The SMILES string of the molecule is COc1ccccc1NC(=O)C1=C(C)NC(C)=C(C(=O)Nc2ccccc2C)[C@H]1c1ccccc1. The van der Waals surface area contributed by atoms with Gasteiger partial charge in [0.05, 0.1) is 12.8 Å². The molecule has 178 valence electrons. The Kier molecular flexibility index (Phi) is 7.01. The molecule has 0 unspecified atom stereocenters. The molecule has 3 aromatic carbocycles. The molecule has 1 aliphatic rings. The molecular formula is C29H29N3O3. The summed E-state index contributed by atoms with van der Waals surface area (Å²) >= 11 is 0. The molecule has 6 heteroatoms. The van der Waals surface area contributed by atoms with Gasteiger partial charge in [0.1, 0.15) is 5.75 Å². The summed E-state index contributed by atoms with van der Waals surface area (Å²) in [6.07, 6.45) is 0. The van der Waals surface area contributed by atoms with Crippen LogP contribution in [-0.2, 0) is 9.59 Å². The highest BCUT2D eigenvalue weighted by Gasteiger charge is 2.36. The van der Waals surface area contributed by atoms with Gasteiger partial charge in [-0.3, -0.25) is 9.59 Å². The lowest BCUT2D eigenvalue weighted by Gasteiger charge is -2.31. The summed E-state index contributed by atoms with van der Waals surface area (Å²) in [5, 5.41) is 9.28. The highest BCUT2D eigenvalue weighted by molar-refractivity contribution is 6.12. The Bertz CT molecular complexity index is 1330. The number of hydrogen-bond donors (Lipinski definition) is 3. The number of nitrogens with one attached hydrogen (secondary N) is 3. The quantitative estimate of drug-likeness (QED) is 0.446. The number of allylic oxidation sites excluding steroid dienone is 2. The summed E-state index contributed by atoms with van der Waals surface area (Å²) in [6, 6.07) is 24.5. The Hall–Kier alpha value is -4.32. The number of para-hydroxylation sites is 3. The molecule has 1 heterocycles. The lowest BCUT2D eigenvalue weighted by Crippen LogP contribution is -2.35. The molecule has 1 atom stereocenters. The molecule has 0 aliphatic carbocycles. The number of amides is 2. The summed E-state index contributed by atoms with van der Waals surface area (Å²) in [7, 11) is 1.56. The van der Waals surface area contributed by atoms with E-state index in [1.807, 2.05) is 87.5 Å². The number of methoxy groups -OCH3 is 1. The van der Waals surface area contributed by atoms with E-state index in [-0.39, 0.29) is 11.8 Å². The summed E-state index contributed by atoms with van der Waals surface area (Å²) in [6.45, 7) is 5.66. The minimum absolute atomic E-state index is 0.256. The highest BCUT2D eigenvalue weighted by Crippen LogP contribution is 2.39. The van der Waals surface area contributed by atoms with Gasteiger partial charge in [-0.15, -0.1) is 0 Å². The van der Waals surface area contributed by atoms with Crippen LogP contribution in [0.3, 0.4) is 0 Å². The number of benzene rings is 3. The first-order valence-electron chi connectivity index (χ1n) is 11.5. The maximum atomic E-state index is 13.7. The number of carbonyl (C=O) groups is 2. The molecule has 0 fully saturated rings. The number of hydrogen-bond acceptors (Lipinski definition) is 4. The van der Waals surface area contributed by atoms with Crippen LogP contribution < -0.4 is 20.7 Å². The average Bonchev–Trinajstić information content (AvgIpc) is 2.85. The second kappa shape index (κ2) is 10.3. The van der Waals surface area contributed by atoms with Crippen molar-refractivity contribution in [1.29, 1.82) is 0 Å². The minimum Gasteiger partial charge on any atom is -0.495 e. The van der Waals surface area contributed by atoms with E-state index in [1.54, 1.807) is 19.2 Å². The van der Waals surface area contributed by atoms with Gasteiger partial charge in [-0.2, -0.15) is 0 Å². The van der Waals surface area contributed by atoms with Crippen molar-refractivity contribution in [3.05, 3.63) is 113 Å². The van der Waals surface area contributed by atoms with E-state index in [4.69, 9.17) is 4.74 Å². The summed E-state index contributed by atoms with van der Waals surface area (Å²) in [4.78, 5) is 27.4. The third-order valence-electron chi connectivity index (χ3n) is 6.13. The van der Waals surface area contributed by atoms with Crippen LogP contribution in [0.1, 0.15) is 30.9 Å². The first-order chi connectivity index (χ1) is 16.9. The van der Waals surface area contributed by atoms with Crippen molar-refractivity contribution in [2.24, 2.45) is 0 Å². The van der Waals surface area contributed by atoms with Gasteiger partial charge in [-0.1, -0.05) is 60.7 Å². The van der Waals surface area contributed by atoms with Crippen LogP contribution in [0.2, 0.25) is 0 Å². The molecule has 3 aromatic rings. The Balaban J connectivity index is 1.76. The molecular weight excluding hydrogens is 438 g/mol. The first kappa shape index (κ1) is 23.8. The molecule has 6 nitrogen and oxygen atoms in total. The Morgan fingerprint density at radius 2 is 1.23 bits per heavy atom. The van der Waals surface area contributed by atoms with Crippen molar-refractivity contribution < 1.29 is 14.3 Å². The van der Waals surface area contributed by atoms with Crippen LogP contribution in [0.15, 0.2) is 101 Å². The maximum Gasteiger partial charge on any atom is 0.254 e. The number of anilines is 2. The second-order valence-electron chi connectivity index (χ2n) is 8.47. The lowest BCUT2D eigenvalue weighted by molar-refractivity contribution is -0.113. The fourth-order valence-corrected chi connectivity index (χ4v) is 4.42. The number of dihydropyridines is 1. The van der Waals surface area contributed by atoms with Gasteiger partial charge in [0.25, 0.3) is 11.8 Å². The fraction of sp³-hybridized carbons (Fsp3) is 0.172. The monoisotopic (exact) mass is 467 g/mol. The van der Waals surface area contributed by atoms with Gasteiger partial charge < -0.3 is 20.7 Å². The largest absolute Gasteiger partial charge is 0.495 e. The molecule has 1 aliphatic heterocycles. The van der Waals surface area contributed by atoms with E-state index in [0.29, 0.717) is 34.0 Å². The Morgan fingerprint density at radius 3 is 1.83 bits per heavy atom. The summed E-state index contributed by atoms with van der Waals surface area (Å²) in [5.74, 6) is -0.560. The van der Waals surface area contributed by atoms with E-state index in [2.05, 4.69) is 16.0 Å². The van der Waals surface area contributed by atoms with Gasteiger partial charge in [0, 0.05) is 34.1 Å². The van der Waals surface area contributed by atoms with Crippen molar-refractivity contribution in [2.45, 2.75) is 26.7 Å². The molecule has 0 radical (unpaired) electrons. The van der Waals surface area contributed by atoms with Gasteiger partial charge in [-0.05, 0) is 50.1 Å². The molecule has 35 heavy (non-hydrogen) atoms. The third kappa shape index (κ3) is 4.96. The van der Waals surface area contributed by atoms with Gasteiger partial charge >= 0.3 is 0 Å². The van der Waals surface area contributed by atoms with E-state index in [9.17, 15) is 9.59 Å². The smallest absolute Gasteiger partial charge is 0.254 e. The molecule has 3 N–H and O–H groups in total. The van der Waals surface area contributed by atoms with Crippen LogP contribution >= 0.6 is 0 Å². The van der Waals surface area contributed by atoms with Crippen molar-refractivity contribution in [3.8, 4) is 5.75 Å². The van der Waals surface area contributed by atoms with Crippen LogP contribution in [0, 0.1) is 6.92 Å². The third-order valence-corrected chi connectivity index (χ3v) is 6.13. The van der Waals surface area contributed by atoms with E-state index in [1.165, 1.54) is 0 Å². The van der Waals surface area contributed by atoms with Crippen molar-refractivity contribution in [2.75, 3.05) is 17.7 Å². The number of aryl methyl sites for hydroxylation is 1. The molecule has 2 amide bonds. The van der Waals surface area contributed by atoms with Gasteiger partial charge in [0.2, 0.25) is 0 Å². The van der Waals surface area contributed by atoms with E-state index < -0.39 is 5.92 Å². The molecule has 0 aromatic heterocycles. The van der Waals surface area contributed by atoms with E-state index >= 15 is 0 Å². The van der Waals surface area contributed by atoms with Crippen LogP contribution in [0.25, 0.3) is 0 Å². The Morgan fingerprint density at radius 1 is 0.714 bits per heavy atom. The number of carbonyl (C=O) groups excluding carboxylic acids is 2. The summed E-state index contributed by atoms with van der Waals surface area (Å²) in [5.41, 5.74) is 5.47. The summed E-state index contributed by atoms with van der Waals surface area (Å²) < 4.78 is 5.41. The zero-order valence-electron chi connectivity index (χ0n) is 20.3. The fourth-order valence-electron chi connectivity index (χ4n) is 4.42. The average molecular weight is 468 g/mol. The normalized spacial score (nSPS) is 15.4. The van der Waals surface area contributed by atoms with E-state index in [0.717, 1.165) is 16.8 Å². The topological polar surface area (TPSA) is 79.5 Å². The minimum atomic E-state index is -0.559. The second-order valence-corrected chi connectivity index (χ2v) is 8.47. The zero-order valence-corrected chi connectivity index (χ0v) is 20.3. The molecule has 0 spiro atoms. The van der Waals surface area contributed by atoms with Gasteiger partial charge in [-0.25, -0.2) is 0 Å². The molecule has 0 bridgehead atoms. The van der Waals surface area contributed by atoms with Crippen LogP contribution in [0.5, 0.6) is 5.75 Å².